The van der Waals surface area contributed by atoms with Crippen LogP contribution in [0.2, 0.25) is 0 Å². The van der Waals surface area contributed by atoms with Gasteiger partial charge in [0, 0.05) is 22.9 Å². The van der Waals surface area contributed by atoms with Gasteiger partial charge in [0.2, 0.25) is 0 Å². The summed E-state index contributed by atoms with van der Waals surface area (Å²) >= 11 is 2.94. The van der Waals surface area contributed by atoms with Crippen molar-refractivity contribution in [1.29, 1.82) is 0 Å². The lowest BCUT2D eigenvalue weighted by Gasteiger charge is -2.27. The standard InChI is InChI=1S/C25H28N4O5S2/c1-3-5-11-29-22(30)18-14-8-6-10-17(14)36-21(18)28-25(29)35-13-15-19(23(31)33-4-2)20(27-24(32)26-15)16-9-7-12-34-16/h7,9,12,20H,3-6,8,10-11,13H2,1-2H3,(H2,26,27,32). The molecule has 1 unspecified atom stereocenters. The van der Waals surface area contributed by atoms with Crippen LogP contribution in [0.3, 0.4) is 0 Å². The summed E-state index contributed by atoms with van der Waals surface area (Å²) in [6.07, 6.45) is 6.29. The maximum atomic E-state index is 13.6. The largest absolute Gasteiger partial charge is 0.467 e. The lowest BCUT2D eigenvalue weighted by Crippen LogP contribution is -2.46. The molecule has 2 aliphatic rings. The first-order valence-electron chi connectivity index (χ1n) is 12.2. The van der Waals surface area contributed by atoms with Crippen molar-refractivity contribution in [2.75, 3.05) is 12.4 Å². The molecular weight excluding hydrogens is 500 g/mol. The number of urea groups is 1. The van der Waals surface area contributed by atoms with Gasteiger partial charge < -0.3 is 19.8 Å². The molecule has 0 spiro atoms. The molecule has 1 aliphatic heterocycles. The lowest BCUT2D eigenvalue weighted by atomic mass is 10.0. The number of thioether (sulfide) groups is 1. The first kappa shape index (κ1) is 24.6. The van der Waals surface area contributed by atoms with Crippen molar-refractivity contribution in [2.24, 2.45) is 0 Å². The molecule has 36 heavy (non-hydrogen) atoms. The van der Waals surface area contributed by atoms with E-state index < -0.39 is 18.0 Å². The highest BCUT2D eigenvalue weighted by atomic mass is 32.2. The SMILES string of the molecule is CCCCn1c(SCC2=C(C(=O)OCC)C(c3ccco3)NC(=O)N2)nc2sc3c(c2c1=O)CCC3. The summed E-state index contributed by atoms with van der Waals surface area (Å²) in [5.74, 6) is 0.125. The Labute approximate surface area is 216 Å². The van der Waals surface area contributed by atoms with Gasteiger partial charge in [-0.05, 0) is 50.3 Å². The molecule has 2 N–H and O–H groups in total. The summed E-state index contributed by atoms with van der Waals surface area (Å²) < 4.78 is 12.6. The number of nitrogens with one attached hydrogen (secondary N) is 2. The topological polar surface area (TPSA) is 115 Å². The molecule has 5 rings (SSSR count). The van der Waals surface area contributed by atoms with E-state index in [0.717, 1.165) is 47.9 Å². The number of furan rings is 1. The molecule has 3 aromatic rings. The normalized spacial score (nSPS) is 17.3. The highest BCUT2D eigenvalue weighted by molar-refractivity contribution is 7.99. The summed E-state index contributed by atoms with van der Waals surface area (Å²) in [6, 6.07) is 2.18. The first-order valence-corrected chi connectivity index (χ1v) is 14.0. The molecule has 4 heterocycles. The summed E-state index contributed by atoms with van der Waals surface area (Å²) in [4.78, 5) is 46.0. The number of hydrogen-bond acceptors (Lipinski definition) is 8. The van der Waals surface area contributed by atoms with E-state index in [1.165, 1.54) is 22.9 Å². The number of aryl methyl sites for hydroxylation is 2. The maximum absolute atomic E-state index is 13.6. The van der Waals surface area contributed by atoms with Crippen molar-refractivity contribution in [3.8, 4) is 0 Å². The predicted octanol–water partition coefficient (Wildman–Crippen LogP) is 4.30. The van der Waals surface area contributed by atoms with E-state index in [1.54, 1.807) is 35.0 Å². The van der Waals surface area contributed by atoms with Gasteiger partial charge in [0.15, 0.2) is 5.16 Å². The molecule has 9 nitrogen and oxygen atoms in total. The van der Waals surface area contributed by atoms with Crippen LogP contribution in [0.4, 0.5) is 4.79 Å². The van der Waals surface area contributed by atoms with E-state index in [9.17, 15) is 14.4 Å². The summed E-state index contributed by atoms with van der Waals surface area (Å²) in [5.41, 5.74) is 1.84. The van der Waals surface area contributed by atoms with Crippen molar-refractivity contribution in [3.05, 3.63) is 56.2 Å². The van der Waals surface area contributed by atoms with Gasteiger partial charge >= 0.3 is 12.0 Å². The fourth-order valence-corrected chi connectivity index (χ4v) is 6.97. The van der Waals surface area contributed by atoms with Crippen LogP contribution in [0.1, 0.15) is 55.4 Å². The van der Waals surface area contributed by atoms with Crippen molar-refractivity contribution < 1.29 is 18.7 Å². The molecule has 0 saturated carbocycles. The van der Waals surface area contributed by atoms with Crippen LogP contribution in [0, 0.1) is 0 Å². The van der Waals surface area contributed by atoms with Crippen LogP contribution in [0.15, 0.2) is 44.0 Å². The van der Waals surface area contributed by atoms with Crippen LogP contribution in [0.5, 0.6) is 0 Å². The van der Waals surface area contributed by atoms with Crippen molar-refractivity contribution >= 4 is 45.3 Å². The second kappa shape index (κ2) is 10.5. The average Bonchev–Trinajstić information content (AvgIpc) is 3.60. The predicted molar refractivity (Wildman–Crippen MR) is 138 cm³/mol. The number of esters is 1. The average molecular weight is 529 g/mol. The summed E-state index contributed by atoms with van der Waals surface area (Å²) in [6.45, 7) is 4.58. The zero-order valence-corrected chi connectivity index (χ0v) is 21.9. The number of unbranched alkanes of at least 4 members (excludes halogenated alkanes) is 1. The molecule has 0 radical (unpaired) electrons. The van der Waals surface area contributed by atoms with Crippen LogP contribution in [0.25, 0.3) is 10.2 Å². The molecule has 1 aliphatic carbocycles. The number of nitrogens with zero attached hydrogens (tertiary/aromatic N) is 2. The van der Waals surface area contributed by atoms with Gasteiger partial charge in [-0.3, -0.25) is 9.36 Å². The number of carbonyl (C=O) groups excluding carboxylic acids is 2. The quantitative estimate of drug-likeness (QED) is 0.242. The Hall–Kier alpha value is -3.05. The second-order valence-electron chi connectivity index (χ2n) is 8.69. The van der Waals surface area contributed by atoms with Crippen LogP contribution < -0.4 is 16.2 Å². The van der Waals surface area contributed by atoms with Crippen molar-refractivity contribution in [3.63, 3.8) is 0 Å². The second-order valence-corrected chi connectivity index (χ2v) is 10.7. The Morgan fingerprint density at radius 2 is 2.19 bits per heavy atom. The van der Waals surface area contributed by atoms with Gasteiger partial charge in [-0.15, -0.1) is 11.3 Å². The molecule has 0 bridgehead atoms. The molecule has 0 aromatic carbocycles. The van der Waals surface area contributed by atoms with E-state index in [4.69, 9.17) is 14.1 Å². The maximum Gasteiger partial charge on any atom is 0.338 e. The molecule has 0 fully saturated rings. The number of amides is 2. The zero-order chi connectivity index (χ0) is 25.2. The number of ether oxygens (including phenoxy) is 1. The third kappa shape index (κ3) is 4.57. The van der Waals surface area contributed by atoms with Crippen LogP contribution in [-0.2, 0) is 28.9 Å². The van der Waals surface area contributed by atoms with Crippen LogP contribution in [-0.4, -0.2) is 33.9 Å². The molecule has 0 saturated heterocycles. The fourth-order valence-electron chi connectivity index (χ4n) is 4.67. The number of aromatic nitrogens is 2. The Kier molecular flexibility index (Phi) is 7.20. The smallest absolute Gasteiger partial charge is 0.338 e. The van der Waals surface area contributed by atoms with Gasteiger partial charge in [0.05, 0.1) is 23.8 Å². The Balaban J connectivity index is 1.54. The van der Waals surface area contributed by atoms with Gasteiger partial charge in [0.25, 0.3) is 5.56 Å². The Morgan fingerprint density at radius 1 is 1.33 bits per heavy atom. The van der Waals surface area contributed by atoms with E-state index in [-0.39, 0.29) is 23.5 Å². The number of rotatable bonds is 9. The Bertz CT molecular complexity index is 1390. The fraction of sp³-hybridized carbons (Fsp3) is 0.440. The lowest BCUT2D eigenvalue weighted by molar-refractivity contribution is -0.139. The molecular formula is C25H28N4O5S2. The molecule has 190 valence electrons. The number of thiophene rings is 1. The summed E-state index contributed by atoms with van der Waals surface area (Å²) in [5, 5.41) is 6.86. The Morgan fingerprint density at radius 3 is 2.94 bits per heavy atom. The third-order valence-electron chi connectivity index (χ3n) is 6.35. The highest BCUT2D eigenvalue weighted by Gasteiger charge is 2.35. The molecule has 3 aromatic heterocycles. The minimum atomic E-state index is -0.776. The monoisotopic (exact) mass is 528 g/mol. The van der Waals surface area contributed by atoms with Crippen molar-refractivity contribution in [2.45, 2.75) is 63.7 Å². The van der Waals surface area contributed by atoms with E-state index in [0.29, 0.717) is 23.2 Å². The van der Waals surface area contributed by atoms with E-state index >= 15 is 0 Å². The van der Waals surface area contributed by atoms with Crippen LogP contribution >= 0.6 is 23.1 Å². The minimum Gasteiger partial charge on any atom is -0.467 e. The number of carbonyl (C=O) groups is 2. The first-order chi connectivity index (χ1) is 17.5. The number of hydrogen-bond donors (Lipinski definition) is 2. The third-order valence-corrected chi connectivity index (χ3v) is 8.54. The molecule has 1 atom stereocenters. The minimum absolute atomic E-state index is 0.00208. The van der Waals surface area contributed by atoms with Gasteiger partial charge in [-0.1, -0.05) is 25.1 Å². The molecule has 11 heteroatoms. The highest BCUT2D eigenvalue weighted by Crippen LogP contribution is 2.36. The van der Waals surface area contributed by atoms with E-state index in [1.807, 2.05) is 0 Å². The van der Waals surface area contributed by atoms with Gasteiger partial charge in [-0.2, -0.15) is 0 Å². The number of fused-ring (bicyclic) bond motifs is 3. The summed E-state index contributed by atoms with van der Waals surface area (Å²) in [7, 11) is 0. The molecule has 2 amide bonds. The van der Waals surface area contributed by atoms with Crippen molar-refractivity contribution in [1.82, 2.24) is 20.2 Å². The van der Waals surface area contributed by atoms with Gasteiger partial charge in [0.1, 0.15) is 16.6 Å². The van der Waals surface area contributed by atoms with Gasteiger partial charge in [-0.25, -0.2) is 14.6 Å². The van der Waals surface area contributed by atoms with E-state index in [2.05, 4.69) is 17.6 Å². The zero-order valence-electron chi connectivity index (χ0n) is 20.2.